The third-order valence-electron chi connectivity index (χ3n) is 4.17. The number of piperidine rings is 1. The molecular formula is C14H18FNO. The van der Waals surface area contributed by atoms with Crippen LogP contribution < -0.4 is 0 Å². The molecule has 0 atom stereocenters. The summed E-state index contributed by atoms with van der Waals surface area (Å²) in [7, 11) is 0. The van der Waals surface area contributed by atoms with Crippen LogP contribution in [0.15, 0.2) is 24.3 Å². The summed E-state index contributed by atoms with van der Waals surface area (Å²) in [6, 6.07) is 6.92. The van der Waals surface area contributed by atoms with E-state index in [9.17, 15) is 9.50 Å². The molecule has 1 saturated carbocycles. The molecule has 0 amide bonds. The van der Waals surface area contributed by atoms with Crippen molar-refractivity contribution in [2.45, 2.75) is 37.3 Å². The highest BCUT2D eigenvalue weighted by Crippen LogP contribution is 2.51. The number of hydrogen-bond acceptors (Lipinski definition) is 2. The largest absolute Gasteiger partial charge is 0.393 e. The second-order valence-corrected chi connectivity index (χ2v) is 5.26. The minimum atomic E-state index is -0.168. The van der Waals surface area contributed by atoms with E-state index in [4.69, 9.17) is 0 Å². The van der Waals surface area contributed by atoms with Gasteiger partial charge in [-0.3, -0.25) is 4.90 Å². The van der Waals surface area contributed by atoms with E-state index in [1.165, 1.54) is 5.56 Å². The zero-order valence-electron chi connectivity index (χ0n) is 9.90. The second-order valence-electron chi connectivity index (χ2n) is 5.26. The average molecular weight is 235 g/mol. The lowest BCUT2D eigenvalue weighted by atomic mass is 9.98. The lowest BCUT2D eigenvalue weighted by Gasteiger charge is -2.37. The van der Waals surface area contributed by atoms with E-state index in [1.54, 1.807) is 12.1 Å². The summed E-state index contributed by atoms with van der Waals surface area (Å²) in [5.74, 6) is -0.168. The summed E-state index contributed by atoms with van der Waals surface area (Å²) < 4.78 is 12.9. The van der Waals surface area contributed by atoms with E-state index in [0.717, 1.165) is 38.8 Å². The molecule has 0 spiro atoms. The molecule has 2 aliphatic rings. The topological polar surface area (TPSA) is 23.5 Å². The van der Waals surface area contributed by atoms with Gasteiger partial charge >= 0.3 is 0 Å². The molecule has 1 heterocycles. The zero-order chi connectivity index (χ0) is 11.9. The maximum Gasteiger partial charge on any atom is 0.123 e. The van der Waals surface area contributed by atoms with E-state index >= 15 is 0 Å². The van der Waals surface area contributed by atoms with Crippen LogP contribution in [-0.4, -0.2) is 29.2 Å². The fourth-order valence-corrected chi connectivity index (χ4v) is 2.96. The van der Waals surface area contributed by atoms with Crippen LogP contribution in [0.3, 0.4) is 0 Å². The van der Waals surface area contributed by atoms with Crippen molar-refractivity contribution in [3.8, 4) is 0 Å². The SMILES string of the molecule is OC1CCN(C2(c3ccc(F)cc3)CC2)CC1. The van der Waals surface area contributed by atoms with Gasteiger partial charge in [-0.05, 0) is 43.4 Å². The monoisotopic (exact) mass is 235 g/mol. The molecule has 1 aromatic rings. The number of nitrogens with zero attached hydrogens (tertiary/aromatic N) is 1. The van der Waals surface area contributed by atoms with Gasteiger partial charge in [-0.1, -0.05) is 12.1 Å². The molecule has 0 bridgehead atoms. The molecule has 1 aromatic carbocycles. The molecule has 92 valence electrons. The summed E-state index contributed by atoms with van der Waals surface area (Å²) in [6.45, 7) is 1.91. The first-order valence-electron chi connectivity index (χ1n) is 6.40. The minimum absolute atomic E-state index is 0.129. The lowest BCUT2D eigenvalue weighted by Crippen LogP contribution is -2.42. The first-order valence-corrected chi connectivity index (χ1v) is 6.40. The number of rotatable bonds is 2. The number of aliphatic hydroxyl groups excluding tert-OH is 1. The van der Waals surface area contributed by atoms with Gasteiger partial charge in [-0.15, -0.1) is 0 Å². The molecular weight excluding hydrogens is 217 g/mol. The van der Waals surface area contributed by atoms with Crippen molar-refractivity contribution in [1.29, 1.82) is 0 Å². The van der Waals surface area contributed by atoms with Crippen LogP contribution in [0.1, 0.15) is 31.2 Å². The van der Waals surface area contributed by atoms with Gasteiger partial charge in [-0.2, -0.15) is 0 Å². The van der Waals surface area contributed by atoms with Crippen molar-refractivity contribution in [3.05, 3.63) is 35.6 Å². The molecule has 2 fully saturated rings. The Balaban J connectivity index is 1.79. The Bertz CT molecular complexity index is 391. The molecule has 0 aromatic heterocycles. The molecule has 1 N–H and O–H groups in total. The van der Waals surface area contributed by atoms with Crippen LogP contribution in [0.5, 0.6) is 0 Å². The van der Waals surface area contributed by atoms with Crippen molar-refractivity contribution in [2.24, 2.45) is 0 Å². The van der Waals surface area contributed by atoms with Crippen LogP contribution in [0, 0.1) is 5.82 Å². The summed E-state index contributed by atoms with van der Waals surface area (Å²) in [4.78, 5) is 2.47. The van der Waals surface area contributed by atoms with Gasteiger partial charge in [-0.25, -0.2) is 4.39 Å². The highest BCUT2D eigenvalue weighted by molar-refractivity contribution is 5.30. The van der Waals surface area contributed by atoms with Gasteiger partial charge < -0.3 is 5.11 Å². The van der Waals surface area contributed by atoms with Gasteiger partial charge in [0.05, 0.1) is 6.10 Å². The predicted octanol–water partition coefficient (Wildman–Crippen LogP) is 2.27. The van der Waals surface area contributed by atoms with Crippen molar-refractivity contribution in [3.63, 3.8) is 0 Å². The quantitative estimate of drug-likeness (QED) is 0.850. The zero-order valence-corrected chi connectivity index (χ0v) is 9.90. The average Bonchev–Trinajstić information content (AvgIpc) is 3.12. The Hall–Kier alpha value is -0.930. The van der Waals surface area contributed by atoms with Crippen molar-refractivity contribution < 1.29 is 9.50 Å². The fourth-order valence-electron chi connectivity index (χ4n) is 2.96. The molecule has 17 heavy (non-hydrogen) atoms. The lowest BCUT2D eigenvalue weighted by molar-refractivity contribution is 0.0522. The smallest absolute Gasteiger partial charge is 0.123 e. The first kappa shape index (κ1) is 11.2. The van der Waals surface area contributed by atoms with Gasteiger partial charge in [0, 0.05) is 18.6 Å². The fraction of sp³-hybridized carbons (Fsp3) is 0.571. The van der Waals surface area contributed by atoms with E-state index in [-0.39, 0.29) is 17.5 Å². The van der Waals surface area contributed by atoms with Crippen LogP contribution in [-0.2, 0) is 5.54 Å². The van der Waals surface area contributed by atoms with Crippen molar-refractivity contribution in [2.75, 3.05) is 13.1 Å². The molecule has 2 nitrogen and oxygen atoms in total. The second kappa shape index (κ2) is 4.07. The Labute approximate surface area is 101 Å². The highest BCUT2D eigenvalue weighted by atomic mass is 19.1. The summed E-state index contributed by atoms with van der Waals surface area (Å²) >= 11 is 0. The molecule has 3 heteroatoms. The molecule has 1 aliphatic carbocycles. The maximum atomic E-state index is 12.9. The summed E-state index contributed by atoms with van der Waals surface area (Å²) in [5.41, 5.74) is 1.38. The van der Waals surface area contributed by atoms with Crippen LogP contribution >= 0.6 is 0 Å². The van der Waals surface area contributed by atoms with Gasteiger partial charge in [0.1, 0.15) is 5.82 Å². The van der Waals surface area contributed by atoms with Crippen LogP contribution in [0.2, 0.25) is 0 Å². The molecule has 0 radical (unpaired) electrons. The maximum absolute atomic E-state index is 12.9. The number of aliphatic hydroxyl groups is 1. The molecule has 1 aliphatic heterocycles. The molecule has 1 saturated heterocycles. The van der Waals surface area contributed by atoms with Gasteiger partial charge in [0.15, 0.2) is 0 Å². The molecule has 0 unspecified atom stereocenters. The number of halogens is 1. The standard InChI is InChI=1S/C14H18FNO/c15-12-3-1-11(2-4-12)14(7-8-14)16-9-5-13(17)6-10-16/h1-4,13,17H,5-10H2. The summed E-state index contributed by atoms with van der Waals surface area (Å²) in [5, 5.41) is 9.54. The minimum Gasteiger partial charge on any atom is -0.393 e. The number of benzene rings is 1. The highest BCUT2D eigenvalue weighted by Gasteiger charge is 2.49. The predicted molar refractivity (Wildman–Crippen MR) is 64.1 cm³/mol. The normalized spacial score (nSPS) is 24.8. The Morgan fingerprint density at radius 1 is 1.12 bits per heavy atom. The van der Waals surface area contributed by atoms with E-state index in [2.05, 4.69) is 4.90 Å². The van der Waals surface area contributed by atoms with E-state index in [1.807, 2.05) is 12.1 Å². The van der Waals surface area contributed by atoms with Crippen molar-refractivity contribution >= 4 is 0 Å². The van der Waals surface area contributed by atoms with Crippen LogP contribution in [0.25, 0.3) is 0 Å². The first-order chi connectivity index (χ1) is 8.21. The van der Waals surface area contributed by atoms with Crippen LogP contribution in [0.4, 0.5) is 4.39 Å². The summed E-state index contributed by atoms with van der Waals surface area (Å²) in [6.07, 6.45) is 3.92. The molecule has 3 rings (SSSR count). The number of hydrogen-bond donors (Lipinski definition) is 1. The Kier molecular flexibility index (Phi) is 2.68. The number of likely N-dealkylation sites (tertiary alicyclic amines) is 1. The Morgan fingerprint density at radius 2 is 1.71 bits per heavy atom. The third-order valence-corrected chi connectivity index (χ3v) is 4.17. The Morgan fingerprint density at radius 3 is 2.24 bits per heavy atom. The van der Waals surface area contributed by atoms with Crippen molar-refractivity contribution in [1.82, 2.24) is 4.90 Å². The van der Waals surface area contributed by atoms with Gasteiger partial charge in [0.2, 0.25) is 0 Å². The van der Waals surface area contributed by atoms with Gasteiger partial charge in [0.25, 0.3) is 0 Å². The van der Waals surface area contributed by atoms with E-state index in [0.29, 0.717) is 0 Å². The third kappa shape index (κ3) is 1.98. The van der Waals surface area contributed by atoms with E-state index < -0.39 is 0 Å².